The van der Waals surface area contributed by atoms with Gasteiger partial charge in [0, 0.05) is 13.0 Å². The first kappa shape index (κ1) is 17.6. The van der Waals surface area contributed by atoms with Gasteiger partial charge < -0.3 is 4.74 Å². The van der Waals surface area contributed by atoms with Crippen molar-refractivity contribution in [2.24, 2.45) is 0 Å². The number of carbonyl (C=O) groups excluding carboxylic acids is 1. The van der Waals surface area contributed by atoms with Crippen LogP contribution in [0.4, 0.5) is 17.6 Å². The summed E-state index contributed by atoms with van der Waals surface area (Å²) in [6.45, 7) is 3.81. The van der Waals surface area contributed by atoms with Crippen LogP contribution >= 0.6 is 0 Å². The number of alkyl halides is 3. The van der Waals surface area contributed by atoms with E-state index in [4.69, 9.17) is 4.74 Å². The molecule has 0 aliphatic carbocycles. The van der Waals surface area contributed by atoms with Gasteiger partial charge in [0.15, 0.2) is 5.78 Å². The SMILES string of the molecule is CCCOC(C(=O)CCC)c1cc(F)cc(C(F)(F)F)c1. The summed E-state index contributed by atoms with van der Waals surface area (Å²) in [6, 6.07) is 2.10. The molecule has 0 radical (unpaired) electrons. The Morgan fingerprint density at radius 1 is 1.19 bits per heavy atom. The molecule has 1 atom stereocenters. The Morgan fingerprint density at radius 2 is 1.86 bits per heavy atom. The van der Waals surface area contributed by atoms with Gasteiger partial charge in [0.1, 0.15) is 11.9 Å². The smallest absolute Gasteiger partial charge is 0.366 e. The van der Waals surface area contributed by atoms with Crippen molar-refractivity contribution < 1.29 is 27.1 Å². The van der Waals surface area contributed by atoms with E-state index in [1.807, 2.05) is 6.92 Å². The Morgan fingerprint density at radius 3 is 2.38 bits per heavy atom. The van der Waals surface area contributed by atoms with E-state index in [1.165, 1.54) is 0 Å². The summed E-state index contributed by atoms with van der Waals surface area (Å²) in [7, 11) is 0. The van der Waals surface area contributed by atoms with Crippen LogP contribution in [0.1, 0.15) is 50.3 Å². The molecular formula is C15H18F4O2. The summed E-state index contributed by atoms with van der Waals surface area (Å²) < 4.78 is 56.9. The van der Waals surface area contributed by atoms with Gasteiger partial charge in [-0.15, -0.1) is 0 Å². The van der Waals surface area contributed by atoms with Crippen LogP contribution in [-0.4, -0.2) is 12.4 Å². The van der Waals surface area contributed by atoms with Crippen molar-refractivity contribution in [2.75, 3.05) is 6.61 Å². The molecule has 0 amide bonds. The maximum Gasteiger partial charge on any atom is 0.416 e. The van der Waals surface area contributed by atoms with Crippen LogP contribution in [0, 0.1) is 5.82 Å². The summed E-state index contributed by atoms with van der Waals surface area (Å²) in [5, 5.41) is 0. The van der Waals surface area contributed by atoms with E-state index >= 15 is 0 Å². The van der Waals surface area contributed by atoms with Crippen molar-refractivity contribution in [1.82, 2.24) is 0 Å². The highest BCUT2D eigenvalue weighted by molar-refractivity contribution is 5.84. The summed E-state index contributed by atoms with van der Waals surface area (Å²) in [4.78, 5) is 12.0. The largest absolute Gasteiger partial charge is 0.416 e. The summed E-state index contributed by atoms with van der Waals surface area (Å²) in [5.41, 5.74) is -1.21. The third-order valence-corrected chi connectivity index (χ3v) is 2.83. The zero-order chi connectivity index (χ0) is 16.0. The van der Waals surface area contributed by atoms with Crippen LogP contribution in [0.2, 0.25) is 0 Å². The van der Waals surface area contributed by atoms with Gasteiger partial charge in [-0.2, -0.15) is 13.2 Å². The lowest BCUT2D eigenvalue weighted by molar-refractivity contribution is -0.138. The van der Waals surface area contributed by atoms with Crippen LogP contribution in [-0.2, 0) is 15.7 Å². The average Bonchev–Trinajstić information content (AvgIpc) is 2.38. The standard InChI is InChI=1S/C15H18F4O2/c1-3-5-13(20)14(21-6-4-2)10-7-11(15(17,18)19)9-12(16)8-10/h7-9,14H,3-6H2,1-2H3. The minimum absolute atomic E-state index is 0.0887. The number of benzene rings is 1. The van der Waals surface area contributed by atoms with Gasteiger partial charge in [0.2, 0.25) is 0 Å². The normalized spacial score (nSPS) is 13.2. The van der Waals surface area contributed by atoms with Crippen molar-refractivity contribution in [3.05, 3.63) is 35.1 Å². The molecule has 0 spiro atoms. The Labute approximate surface area is 121 Å². The predicted octanol–water partition coefficient (Wildman–Crippen LogP) is 4.68. The van der Waals surface area contributed by atoms with Gasteiger partial charge in [-0.05, 0) is 36.6 Å². The topological polar surface area (TPSA) is 26.3 Å². The molecule has 1 unspecified atom stereocenters. The van der Waals surface area contributed by atoms with Crippen molar-refractivity contribution in [1.29, 1.82) is 0 Å². The second-order valence-corrected chi connectivity index (χ2v) is 4.74. The van der Waals surface area contributed by atoms with E-state index in [2.05, 4.69) is 0 Å². The molecule has 1 rings (SSSR count). The fraction of sp³-hybridized carbons (Fsp3) is 0.533. The third kappa shape index (κ3) is 5.12. The van der Waals surface area contributed by atoms with E-state index in [9.17, 15) is 22.4 Å². The predicted molar refractivity (Wildman–Crippen MR) is 70.3 cm³/mol. The average molecular weight is 306 g/mol. The Hall–Kier alpha value is -1.43. The molecule has 2 nitrogen and oxygen atoms in total. The monoisotopic (exact) mass is 306 g/mol. The quantitative estimate of drug-likeness (QED) is 0.684. The van der Waals surface area contributed by atoms with Crippen LogP contribution < -0.4 is 0 Å². The third-order valence-electron chi connectivity index (χ3n) is 2.83. The van der Waals surface area contributed by atoms with Crippen LogP contribution in [0.15, 0.2) is 18.2 Å². The van der Waals surface area contributed by atoms with Gasteiger partial charge in [-0.25, -0.2) is 4.39 Å². The van der Waals surface area contributed by atoms with Gasteiger partial charge in [-0.1, -0.05) is 13.8 Å². The zero-order valence-electron chi connectivity index (χ0n) is 12.0. The maximum atomic E-state index is 13.4. The highest BCUT2D eigenvalue weighted by atomic mass is 19.4. The first-order chi connectivity index (χ1) is 9.79. The number of halogens is 4. The molecule has 0 aromatic heterocycles. The number of ether oxygens (including phenoxy) is 1. The Kier molecular flexibility index (Phi) is 6.33. The van der Waals surface area contributed by atoms with Crippen molar-refractivity contribution in [2.45, 2.75) is 45.4 Å². The number of ketones is 1. The molecule has 21 heavy (non-hydrogen) atoms. The van der Waals surface area contributed by atoms with Gasteiger partial charge in [0.25, 0.3) is 0 Å². The van der Waals surface area contributed by atoms with Crippen LogP contribution in [0.3, 0.4) is 0 Å². The van der Waals surface area contributed by atoms with E-state index < -0.39 is 23.7 Å². The highest BCUT2D eigenvalue weighted by Gasteiger charge is 2.33. The molecule has 6 heteroatoms. The lowest BCUT2D eigenvalue weighted by Crippen LogP contribution is -2.18. The van der Waals surface area contributed by atoms with Crippen LogP contribution in [0.25, 0.3) is 0 Å². The second kappa shape index (κ2) is 7.54. The highest BCUT2D eigenvalue weighted by Crippen LogP contribution is 2.33. The van der Waals surface area contributed by atoms with Crippen molar-refractivity contribution in [3.8, 4) is 0 Å². The molecule has 1 aromatic rings. The van der Waals surface area contributed by atoms with Gasteiger partial charge in [0.05, 0.1) is 5.56 Å². The number of rotatable bonds is 7. The molecule has 0 bridgehead atoms. The number of hydrogen-bond donors (Lipinski definition) is 0. The van der Waals surface area contributed by atoms with Gasteiger partial charge in [-0.3, -0.25) is 4.79 Å². The Bertz CT molecular complexity index is 483. The molecule has 0 saturated heterocycles. The number of hydrogen-bond acceptors (Lipinski definition) is 2. The number of Topliss-reactive ketones (excluding diaryl/α,β-unsaturated/α-hetero) is 1. The molecule has 0 heterocycles. The minimum Gasteiger partial charge on any atom is -0.366 e. The fourth-order valence-corrected chi connectivity index (χ4v) is 1.92. The zero-order valence-corrected chi connectivity index (χ0v) is 12.0. The lowest BCUT2D eigenvalue weighted by Gasteiger charge is -2.18. The molecule has 118 valence electrons. The van der Waals surface area contributed by atoms with E-state index in [0.29, 0.717) is 18.9 Å². The lowest BCUT2D eigenvalue weighted by atomic mass is 10.00. The molecule has 0 aliphatic heterocycles. The summed E-state index contributed by atoms with van der Waals surface area (Å²) in [6.07, 6.45) is -4.49. The van der Waals surface area contributed by atoms with Crippen molar-refractivity contribution in [3.63, 3.8) is 0 Å². The summed E-state index contributed by atoms with van der Waals surface area (Å²) in [5.74, 6) is -1.38. The fourth-order valence-electron chi connectivity index (χ4n) is 1.92. The first-order valence-electron chi connectivity index (χ1n) is 6.81. The molecular weight excluding hydrogens is 288 g/mol. The molecule has 0 aliphatic rings. The summed E-state index contributed by atoms with van der Waals surface area (Å²) >= 11 is 0. The van der Waals surface area contributed by atoms with E-state index in [-0.39, 0.29) is 24.4 Å². The van der Waals surface area contributed by atoms with E-state index in [0.717, 1.165) is 12.1 Å². The second-order valence-electron chi connectivity index (χ2n) is 4.74. The maximum absolute atomic E-state index is 13.4. The molecule has 0 fully saturated rings. The first-order valence-corrected chi connectivity index (χ1v) is 6.81. The molecule has 0 saturated carbocycles. The molecule has 0 N–H and O–H groups in total. The van der Waals surface area contributed by atoms with Crippen molar-refractivity contribution >= 4 is 5.78 Å². The molecule has 1 aromatic carbocycles. The minimum atomic E-state index is -4.67. The van der Waals surface area contributed by atoms with Gasteiger partial charge >= 0.3 is 6.18 Å². The van der Waals surface area contributed by atoms with Crippen LogP contribution in [0.5, 0.6) is 0 Å². The van der Waals surface area contributed by atoms with E-state index in [1.54, 1.807) is 6.92 Å². The number of carbonyl (C=O) groups is 1. The Balaban J connectivity index is 3.17.